The molecule has 1 N–H and O–H groups in total. The number of nitrogens with one attached hydrogen (secondary N) is 1. The predicted molar refractivity (Wildman–Crippen MR) is 83.3 cm³/mol. The van der Waals surface area contributed by atoms with Gasteiger partial charge in [-0.15, -0.1) is 0 Å². The summed E-state index contributed by atoms with van der Waals surface area (Å²) in [4.78, 5) is 26.6. The van der Waals surface area contributed by atoms with Gasteiger partial charge in [0.15, 0.2) is 0 Å². The average Bonchev–Trinajstić information content (AvgIpc) is 3.21. The van der Waals surface area contributed by atoms with Crippen LogP contribution in [0, 0.1) is 0 Å². The third-order valence-corrected chi connectivity index (χ3v) is 4.16. The van der Waals surface area contributed by atoms with Crippen LogP contribution in [-0.4, -0.2) is 32.3 Å². The molecule has 3 aromatic rings. The molecule has 1 saturated heterocycles. The summed E-state index contributed by atoms with van der Waals surface area (Å²) in [7, 11) is 0. The molecule has 0 spiro atoms. The van der Waals surface area contributed by atoms with Gasteiger partial charge in [-0.3, -0.25) is 9.78 Å². The second kappa shape index (κ2) is 5.26. The topological polar surface area (TPSA) is 61.9 Å². The van der Waals surface area contributed by atoms with Crippen molar-refractivity contribution in [2.75, 3.05) is 6.54 Å². The van der Waals surface area contributed by atoms with E-state index in [0.717, 1.165) is 36.2 Å². The van der Waals surface area contributed by atoms with Crippen LogP contribution in [0.15, 0.2) is 48.8 Å². The maximum absolute atomic E-state index is 12.7. The zero-order valence-electron chi connectivity index (χ0n) is 12.1. The summed E-state index contributed by atoms with van der Waals surface area (Å²) in [6, 6.07) is 11.5. The smallest absolute Gasteiger partial charge is 0.254 e. The number of aromatic amines is 1. The van der Waals surface area contributed by atoms with Crippen LogP contribution in [0.2, 0.25) is 0 Å². The predicted octanol–water partition coefficient (Wildman–Crippen LogP) is 2.94. The van der Waals surface area contributed by atoms with Crippen molar-refractivity contribution in [2.24, 2.45) is 0 Å². The summed E-state index contributed by atoms with van der Waals surface area (Å²) in [5.41, 5.74) is 2.64. The van der Waals surface area contributed by atoms with Crippen molar-refractivity contribution in [3.63, 3.8) is 0 Å². The van der Waals surface area contributed by atoms with Crippen molar-refractivity contribution >= 4 is 16.9 Å². The second-order valence-electron chi connectivity index (χ2n) is 5.53. The Hall–Kier alpha value is -2.69. The quantitative estimate of drug-likeness (QED) is 0.790. The lowest BCUT2D eigenvalue weighted by atomic mass is 10.2. The lowest BCUT2D eigenvalue weighted by molar-refractivity contribution is 0.0730. The normalized spacial score (nSPS) is 18.0. The van der Waals surface area contributed by atoms with E-state index in [2.05, 4.69) is 15.0 Å². The maximum Gasteiger partial charge on any atom is 0.254 e. The fourth-order valence-electron chi connectivity index (χ4n) is 3.08. The molecule has 5 heteroatoms. The highest BCUT2D eigenvalue weighted by molar-refractivity contribution is 5.94. The zero-order valence-corrected chi connectivity index (χ0v) is 12.1. The number of hydrogen-bond donors (Lipinski definition) is 1. The highest BCUT2D eigenvalue weighted by Gasteiger charge is 2.32. The summed E-state index contributed by atoms with van der Waals surface area (Å²) < 4.78 is 0. The van der Waals surface area contributed by atoms with Crippen molar-refractivity contribution in [1.82, 2.24) is 19.9 Å². The summed E-state index contributed by atoms with van der Waals surface area (Å²) in [6.07, 6.45) is 5.24. The minimum Gasteiger partial charge on any atom is -0.340 e. The van der Waals surface area contributed by atoms with Crippen molar-refractivity contribution in [3.8, 4) is 0 Å². The molecule has 0 bridgehead atoms. The summed E-state index contributed by atoms with van der Waals surface area (Å²) in [5.74, 6) is 0.923. The Balaban J connectivity index is 1.67. The highest BCUT2D eigenvalue weighted by Crippen LogP contribution is 2.32. The molecule has 1 aromatic carbocycles. The molecule has 1 aliphatic heterocycles. The molecule has 2 aromatic heterocycles. The number of hydrogen-bond acceptors (Lipinski definition) is 3. The minimum atomic E-state index is 0.0214. The van der Waals surface area contributed by atoms with Crippen LogP contribution < -0.4 is 0 Å². The van der Waals surface area contributed by atoms with Crippen LogP contribution in [0.4, 0.5) is 0 Å². The molecule has 5 nitrogen and oxygen atoms in total. The van der Waals surface area contributed by atoms with Crippen LogP contribution in [0.1, 0.15) is 35.1 Å². The van der Waals surface area contributed by atoms with E-state index in [1.807, 2.05) is 29.2 Å². The van der Waals surface area contributed by atoms with Crippen LogP contribution in [0.3, 0.4) is 0 Å². The van der Waals surface area contributed by atoms with Gasteiger partial charge >= 0.3 is 0 Å². The molecule has 4 rings (SSSR count). The largest absolute Gasteiger partial charge is 0.340 e. The van der Waals surface area contributed by atoms with Crippen LogP contribution in [0.25, 0.3) is 11.0 Å². The van der Waals surface area contributed by atoms with Crippen LogP contribution in [0.5, 0.6) is 0 Å². The SMILES string of the molecule is O=C(c1ccncc1)N1CCCC1c1nc2ccccc2[nH]1. The number of rotatable bonds is 2. The molecule has 1 unspecified atom stereocenters. The Labute approximate surface area is 128 Å². The first kappa shape index (κ1) is 13.0. The lowest BCUT2D eigenvalue weighted by Gasteiger charge is -2.23. The molecule has 0 aliphatic carbocycles. The van der Waals surface area contributed by atoms with E-state index in [1.165, 1.54) is 0 Å². The van der Waals surface area contributed by atoms with Gasteiger partial charge in [-0.25, -0.2) is 4.98 Å². The molecule has 0 radical (unpaired) electrons. The van der Waals surface area contributed by atoms with Gasteiger partial charge in [0.2, 0.25) is 0 Å². The number of amides is 1. The Morgan fingerprint density at radius 2 is 2.00 bits per heavy atom. The molecule has 3 heterocycles. The third kappa shape index (κ3) is 2.15. The third-order valence-electron chi connectivity index (χ3n) is 4.16. The molecule has 1 aliphatic rings. The number of nitrogens with zero attached hydrogens (tertiary/aromatic N) is 3. The zero-order chi connectivity index (χ0) is 14.9. The van der Waals surface area contributed by atoms with E-state index in [-0.39, 0.29) is 11.9 Å². The van der Waals surface area contributed by atoms with Gasteiger partial charge in [-0.2, -0.15) is 0 Å². The fraction of sp³-hybridized carbons (Fsp3) is 0.235. The Bertz CT molecular complexity index is 779. The molecule has 1 fully saturated rings. The molecule has 110 valence electrons. The Morgan fingerprint density at radius 1 is 1.18 bits per heavy atom. The number of fused-ring (bicyclic) bond motifs is 1. The average molecular weight is 292 g/mol. The molecule has 0 saturated carbocycles. The van der Waals surface area contributed by atoms with E-state index in [4.69, 9.17) is 0 Å². The first-order valence-electron chi connectivity index (χ1n) is 7.48. The van der Waals surface area contributed by atoms with Crippen molar-refractivity contribution in [3.05, 3.63) is 60.2 Å². The monoisotopic (exact) mass is 292 g/mol. The number of H-pyrrole nitrogens is 1. The minimum absolute atomic E-state index is 0.0214. The van der Waals surface area contributed by atoms with E-state index in [9.17, 15) is 4.79 Å². The molecule has 1 atom stereocenters. The van der Waals surface area contributed by atoms with E-state index in [0.29, 0.717) is 5.56 Å². The number of aromatic nitrogens is 3. The van der Waals surface area contributed by atoms with Gasteiger partial charge in [-0.05, 0) is 37.1 Å². The van der Waals surface area contributed by atoms with Gasteiger partial charge in [0.25, 0.3) is 5.91 Å². The van der Waals surface area contributed by atoms with E-state index < -0.39 is 0 Å². The van der Waals surface area contributed by atoms with Crippen LogP contribution >= 0.6 is 0 Å². The molecular weight excluding hydrogens is 276 g/mol. The van der Waals surface area contributed by atoms with Gasteiger partial charge in [-0.1, -0.05) is 12.1 Å². The second-order valence-corrected chi connectivity index (χ2v) is 5.53. The van der Waals surface area contributed by atoms with Gasteiger partial charge < -0.3 is 9.88 Å². The summed E-state index contributed by atoms with van der Waals surface area (Å²) >= 11 is 0. The van der Waals surface area contributed by atoms with Gasteiger partial charge in [0.05, 0.1) is 17.1 Å². The number of para-hydroxylation sites is 2. The number of carbonyl (C=O) groups excluding carboxylic acids is 1. The fourth-order valence-corrected chi connectivity index (χ4v) is 3.08. The first-order chi connectivity index (χ1) is 10.8. The highest BCUT2D eigenvalue weighted by atomic mass is 16.2. The summed E-state index contributed by atoms with van der Waals surface area (Å²) in [5, 5.41) is 0. The van der Waals surface area contributed by atoms with E-state index in [1.54, 1.807) is 24.5 Å². The Morgan fingerprint density at radius 3 is 2.82 bits per heavy atom. The standard InChI is InChI=1S/C17H16N4O/c22-17(12-7-9-18-10-8-12)21-11-3-6-15(21)16-19-13-4-1-2-5-14(13)20-16/h1-2,4-5,7-10,15H,3,6,11H2,(H,19,20). The van der Waals surface area contributed by atoms with E-state index >= 15 is 0 Å². The lowest BCUT2D eigenvalue weighted by Crippen LogP contribution is -2.31. The number of carbonyl (C=O) groups is 1. The number of benzene rings is 1. The van der Waals surface area contributed by atoms with Crippen molar-refractivity contribution in [2.45, 2.75) is 18.9 Å². The molecule has 1 amide bonds. The molecule has 22 heavy (non-hydrogen) atoms. The number of pyridine rings is 1. The van der Waals surface area contributed by atoms with Crippen molar-refractivity contribution < 1.29 is 4.79 Å². The molecular formula is C17H16N4O. The van der Waals surface area contributed by atoms with Crippen LogP contribution in [-0.2, 0) is 0 Å². The number of likely N-dealkylation sites (tertiary alicyclic amines) is 1. The van der Waals surface area contributed by atoms with Gasteiger partial charge in [0.1, 0.15) is 5.82 Å². The van der Waals surface area contributed by atoms with Crippen molar-refractivity contribution in [1.29, 1.82) is 0 Å². The number of imidazole rings is 1. The maximum atomic E-state index is 12.7. The van der Waals surface area contributed by atoms with Gasteiger partial charge in [0, 0.05) is 24.5 Å². The Kier molecular flexibility index (Phi) is 3.11. The summed E-state index contributed by atoms with van der Waals surface area (Å²) in [6.45, 7) is 0.767. The first-order valence-corrected chi connectivity index (χ1v) is 7.48.